The molecule has 1 fully saturated rings. The Kier molecular flexibility index (Phi) is 2.59. The number of amides is 1. The zero-order valence-electron chi connectivity index (χ0n) is 8.86. The van der Waals surface area contributed by atoms with Crippen molar-refractivity contribution in [3.63, 3.8) is 0 Å². The molecule has 4 nitrogen and oxygen atoms in total. The number of para-hydroxylation sites is 1. The van der Waals surface area contributed by atoms with Crippen molar-refractivity contribution in [2.75, 3.05) is 11.4 Å². The van der Waals surface area contributed by atoms with Crippen LogP contribution in [0.3, 0.4) is 0 Å². The molecule has 3 rings (SSSR count). The van der Waals surface area contributed by atoms with E-state index in [-0.39, 0.29) is 18.3 Å². The lowest BCUT2D eigenvalue weighted by Crippen LogP contribution is -2.33. The van der Waals surface area contributed by atoms with E-state index in [2.05, 4.69) is 29.4 Å². The fourth-order valence-corrected chi connectivity index (χ4v) is 2.15. The molecule has 2 aliphatic rings. The van der Waals surface area contributed by atoms with Gasteiger partial charge in [-0.3, -0.25) is 10.1 Å². The van der Waals surface area contributed by atoms with Crippen LogP contribution in [0, 0.1) is 6.92 Å². The number of benzene rings is 1. The Morgan fingerprint density at radius 1 is 1.44 bits per heavy atom. The van der Waals surface area contributed by atoms with Crippen molar-refractivity contribution in [2.24, 2.45) is 4.99 Å². The van der Waals surface area contributed by atoms with Crippen LogP contribution in [0.5, 0.6) is 0 Å². The third-order valence-electron chi connectivity index (χ3n) is 2.80. The van der Waals surface area contributed by atoms with E-state index in [0.29, 0.717) is 19.0 Å². The van der Waals surface area contributed by atoms with Crippen molar-refractivity contribution in [1.82, 2.24) is 5.32 Å². The first-order chi connectivity index (χ1) is 7.25. The number of aryl methyl sites for hydroxylation is 1. The second-order valence-corrected chi connectivity index (χ2v) is 3.86. The number of carbonyl (C=O) groups is 1. The second kappa shape index (κ2) is 3.79. The normalized spacial score (nSPS) is 16.9. The van der Waals surface area contributed by atoms with Crippen LogP contribution in [-0.4, -0.2) is 18.4 Å². The molecule has 5 heteroatoms. The molecule has 1 N–H and O–H groups in total. The standard InChI is InChI=1S/C11H11N3O.ClH/c1-7-3-2-4-8-5-12-11-13-9(15)6-14(11)10(7)8;/h2-4H,5-6H2,1H3,(H,12,13,15);1H. The summed E-state index contributed by atoms with van der Waals surface area (Å²) in [4.78, 5) is 17.6. The SMILES string of the molecule is Cc1cccc2c1N1CC(=O)NC1=NC2.Cl. The first-order valence-corrected chi connectivity index (χ1v) is 4.96. The Labute approximate surface area is 99.8 Å². The van der Waals surface area contributed by atoms with Crippen molar-refractivity contribution in [2.45, 2.75) is 13.5 Å². The van der Waals surface area contributed by atoms with Gasteiger partial charge in [0.25, 0.3) is 0 Å². The van der Waals surface area contributed by atoms with Gasteiger partial charge in [-0.05, 0) is 18.1 Å². The predicted octanol–water partition coefficient (Wildman–Crippen LogP) is 1.22. The van der Waals surface area contributed by atoms with Gasteiger partial charge in [0.15, 0.2) is 0 Å². The van der Waals surface area contributed by atoms with Gasteiger partial charge in [-0.15, -0.1) is 12.4 Å². The number of carbonyl (C=O) groups excluding carboxylic acids is 1. The van der Waals surface area contributed by atoms with Crippen molar-refractivity contribution >= 4 is 30.0 Å². The molecule has 1 amide bonds. The van der Waals surface area contributed by atoms with Crippen molar-refractivity contribution in [3.05, 3.63) is 29.3 Å². The fourth-order valence-electron chi connectivity index (χ4n) is 2.15. The topological polar surface area (TPSA) is 44.7 Å². The average molecular weight is 238 g/mol. The van der Waals surface area contributed by atoms with Crippen LogP contribution in [0.4, 0.5) is 5.69 Å². The van der Waals surface area contributed by atoms with Gasteiger partial charge < -0.3 is 4.90 Å². The molecule has 16 heavy (non-hydrogen) atoms. The Hall–Kier alpha value is -1.55. The van der Waals surface area contributed by atoms with Crippen molar-refractivity contribution < 1.29 is 4.79 Å². The Morgan fingerprint density at radius 3 is 3.06 bits per heavy atom. The highest BCUT2D eigenvalue weighted by Gasteiger charge is 2.31. The van der Waals surface area contributed by atoms with Crippen LogP contribution in [0.15, 0.2) is 23.2 Å². The first-order valence-electron chi connectivity index (χ1n) is 4.96. The maximum absolute atomic E-state index is 11.3. The van der Waals surface area contributed by atoms with E-state index >= 15 is 0 Å². The summed E-state index contributed by atoms with van der Waals surface area (Å²) < 4.78 is 0. The summed E-state index contributed by atoms with van der Waals surface area (Å²) in [7, 11) is 0. The summed E-state index contributed by atoms with van der Waals surface area (Å²) in [5.41, 5.74) is 3.52. The molecular formula is C11H12ClN3O. The maximum Gasteiger partial charge on any atom is 0.246 e. The van der Waals surface area contributed by atoms with E-state index < -0.39 is 0 Å². The minimum Gasteiger partial charge on any atom is -0.302 e. The zero-order valence-corrected chi connectivity index (χ0v) is 9.67. The molecule has 0 aliphatic carbocycles. The van der Waals surface area contributed by atoms with Gasteiger partial charge in [0.2, 0.25) is 11.9 Å². The first kappa shape index (κ1) is 11.0. The minimum absolute atomic E-state index is 0. The lowest BCUT2D eigenvalue weighted by molar-refractivity contribution is -0.117. The van der Waals surface area contributed by atoms with E-state index in [1.807, 2.05) is 11.0 Å². The van der Waals surface area contributed by atoms with Crippen LogP contribution in [0.1, 0.15) is 11.1 Å². The van der Waals surface area contributed by atoms with Crippen molar-refractivity contribution in [3.8, 4) is 0 Å². The van der Waals surface area contributed by atoms with Gasteiger partial charge in [-0.1, -0.05) is 18.2 Å². The molecule has 0 spiro atoms. The Bertz CT molecular complexity index is 484. The lowest BCUT2D eigenvalue weighted by atomic mass is 10.1. The number of hydrogen-bond acceptors (Lipinski definition) is 3. The molecule has 0 bridgehead atoms. The third-order valence-corrected chi connectivity index (χ3v) is 2.80. The molecular weight excluding hydrogens is 226 g/mol. The minimum atomic E-state index is 0. The number of guanidine groups is 1. The summed E-state index contributed by atoms with van der Waals surface area (Å²) in [6.07, 6.45) is 0. The lowest BCUT2D eigenvalue weighted by Gasteiger charge is -2.25. The second-order valence-electron chi connectivity index (χ2n) is 3.86. The van der Waals surface area contributed by atoms with E-state index in [1.165, 1.54) is 11.1 Å². The summed E-state index contributed by atoms with van der Waals surface area (Å²) in [6, 6.07) is 6.15. The summed E-state index contributed by atoms with van der Waals surface area (Å²) in [6.45, 7) is 3.10. The highest BCUT2D eigenvalue weighted by molar-refractivity contribution is 6.15. The van der Waals surface area contributed by atoms with Crippen LogP contribution >= 0.6 is 12.4 Å². The molecule has 1 aromatic rings. The number of rotatable bonds is 0. The van der Waals surface area contributed by atoms with E-state index in [1.54, 1.807) is 0 Å². The maximum atomic E-state index is 11.3. The van der Waals surface area contributed by atoms with E-state index in [0.717, 1.165) is 5.69 Å². The number of aliphatic imine (C=N–C) groups is 1. The molecule has 0 saturated carbocycles. The van der Waals surface area contributed by atoms with Gasteiger partial charge in [0.05, 0.1) is 12.2 Å². The highest BCUT2D eigenvalue weighted by atomic mass is 35.5. The van der Waals surface area contributed by atoms with Crippen LogP contribution < -0.4 is 10.2 Å². The molecule has 1 aromatic carbocycles. The van der Waals surface area contributed by atoms with Gasteiger partial charge in [0.1, 0.15) is 6.54 Å². The smallest absolute Gasteiger partial charge is 0.246 e. The highest BCUT2D eigenvalue weighted by Crippen LogP contribution is 2.30. The van der Waals surface area contributed by atoms with E-state index in [4.69, 9.17) is 0 Å². The quantitative estimate of drug-likeness (QED) is 0.738. The molecule has 1 saturated heterocycles. The van der Waals surface area contributed by atoms with Crippen LogP contribution in [-0.2, 0) is 11.3 Å². The largest absolute Gasteiger partial charge is 0.302 e. The predicted molar refractivity (Wildman–Crippen MR) is 65.1 cm³/mol. The number of nitrogens with one attached hydrogen (secondary N) is 1. The molecule has 2 heterocycles. The molecule has 0 aromatic heterocycles. The van der Waals surface area contributed by atoms with Gasteiger partial charge in [0, 0.05) is 0 Å². The Morgan fingerprint density at radius 2 is 2.25 bits per heavy atom. The number of hydrogen-bond donors (Lipinski definition) is 1. The summed E-state index contributed by atoms with van der Waals surface area (Å²) in [5.74, 6) is 0.714. The number of nitrogens with zero attached hydrogens (tertiary/aromatic N) is 2. The number of halogens is 1. The molecule has 0 unspecified atom stereocenters. The van der Waals surface area contributed by atoms with E-state index in [9.17, 15) is 4.79 Å². The summed E-state index contributed by atoms with van der Waals surface area (Å²) >= 11 is 0. The van der Waals surface area contributed by atoms with Crippen LogP contribution in [0.25, 0.3) is 0 Å². The number of anilines is 1. The molecule has 0 radical (unpaired) electrons. The molecule has 84 valence electrons. The van der Waals surface area contributed by atoms with Crippen LogP contribution in [0.2, 0.25) is 0 Å². The Balaban J connectivity index is 0.000000963. The molecule has 0 atom stereocenters. The average Bonchev–Trinajstić information content (AvgIpc) is 2.58. The fraction of sp³-hybridized carbons (Fsp3) is 0.273. The third kappa shape index (κ3) is 1.46. The molecule has 2 aliphatic heterocycles. The van der Waals surface area contributed by atoms with Gasteiger partial charge in [-0.25, -0.2) is 4.99 Å². The van der Waals surface area contributed by atoms with Crippen molar-refractivity contribution in [1.29, 1.82) is 0 Å². The van der Waals surface area contributed by atoms with Gasteiger partial charge >= 0.3 is 0 Å². The zero-order chi connectivity index (χ0) is 10.4. The van der Waals surface area contributed by atoms with Gasteiger partial charge in [-0.2, -0.15) is 0 Å². The summed E-state index contributed by atoms with van der Waals surface area (Å²) in [5, 5.41) is 2.76. The monoisotopic (exact) mass is 237 g/mol. The number of fused-ring (bicyclic) bond motifs is 3.